The van der Waals surface area contributed by atoms with Crippen molar-refractivity contribution >= 4 is 76.2 Å². The van der Waals surface area contributed by atoms with E-state index in [1.165, 1.54) is 81.8 Å². The third-order valence-corrected chi connectivity index (χ3v) is 10.4. The van der Waals surface area contributed by atoms with Crippen LogP contribution in [-0.2, 0) is 0 Å². The van der Waals surface area contributed by atoms with Crippen LogP contribution in [0.15, 0.2) is 170 Å². The Labute approximate surface area is 281 Å². The molecule has 0 unspecified atom stereocenters. The summed E-state index contributed by atoms with van der Waals surface area (Å²) < 4.78 is 4.85. The summed E-state index contributed by atoms with van der Waals surface area (Å²) in [4.78, 5) is 3.58. The second kappa shape index (κ2) is 9.96. The molecule has 0 spiro atoms. The molecular formula is C46H29N3. The summed E-state index contributed by atoms with van der Waals surface area (Å²) in [5.74, 6) is 0. The minimum Gasteiger partial charge on any atom is -0.355 e. The number of fused-ring (bicyclic) bond motifs is 11. The lowest BCUT2D eigenvalue weighted by molar-refractivity contribution is 1.15. The van der Waals surface area contributed by atoms with Crippen LogP contribution >= 0.6 is 0 Å². The first-order valence-corrected chi connectivity index (χ1v) is 16.9. The van der Waals surface area contributed by atoms with Gasteiger partial charge in [0.2, 0.25) is 0 Å². The van der Waals surface area contributed by atoms with E-state index in [1.54, 1.807) is 0 Å². The van der Waals surface area contributed by atoms with Crippen molar-refractivity contribution in [1.82, 2.24) is 14.1 Å². The van der Waals surface area contributed by atoms with Gasteiger partial charge in [-0.05, 0) is 88.6 Å². The SMILES string of the molecule is c1ccc(-n2c3ccccc3c3ccc(-n4c5ccc(-c6ccc7[nH]c8ccccc8c7c6)cc5c5c6ccccc6ccc54)cc32)cc1. The summed E-state index contributed by atoms with van der Waals surface area (Å²) in [6.07, 6.45) is 0. The third-order valence-electron chi connectivity index (χ3n) is 10.4. The molecule has 3 aromatic heterocycles. The molecule has 0 aliphatic heterocycles. The summed E-state index contributed by atoms with van der Waals surface area (Å²) in [5, 5.41) is 10.1. The molecule has 228 valence electrons. The van der Waals surface area contributed by atoms with Crippen LogP contribution in [0.25, 0.3) is 98.7 Å². The second-order valence-corrected chi connectivity index (χ2v) is 13.1. The number of nitrogens with zero attached hydrogens (tertiary/aromatic N) is 2. The fourth-order valence-electron chi connectivity index (χ4n) is 8.23. The van der Waals surface area contributed by atoms with Crippen LogP contribution < -0.4 is 0 Å². The summed E-state index contributed by atoms with van der Waals surface area (Å²) in [5.41, 5.74) is 11.9. The van der Waals surface area contributed by atoms with Crippen LogP contribution in [0.4, 0.5) is 0 Å². The van der Waals surface area contributed by atoms with Crippen molar-refractivity contribution in [2.45, 2.75) is 0 Å². The van der Waals surface area contributed by atoms with Crippen molar-refractivity contribution in [3.8, 4) is 22.5 Å². The summed E-state index contributed by atoms with van der Waals surface area (Å²) >= 11 is 0. The van der Waals surface area contributed by atoms with E-state index < -0.39 is 0 Å². The Morgan fingerprint density at radius 2 is 0.959 bits per heavy atom. The number of rotatable bonds is 3. The number of nitrogens with one attached hydrogen (secondary N) is 1. The first kappa shape index (κ1) is 26.5. The molecule has 0 saturated carbocycles. The molecule has 0 amide bonds. The molecule has 0 aliphatic carbocycles. The Balaban J connectivity index is 1.20. The maximum absolute atomic E-state index is 3.58. The van der Waals surface area contributed by atoms with Crippen molar-refractivity contribution in [3.63, 3.8) is 0 Å². The number of aromatic amines is 1. The van der Waals surface area contributed by atoms with Gasteiger partial charge in [0.15, 0.2) is 0 Å². The number of para-hydroxylation sites is 3. The minimum atomic E-state index is 1.15. The average molecular weight is 624 g/mol. The van der Waals surface area contributed by atoms with Gasteiger partial charge in [-0.1, -0.05) is 103 Å². The Hall–Kier alpha value is -6.58. The van der Waals surface area contributed by atoms with Gasteiger partial charge in [0.25, 0.3) is 0 Å². The molecule has 3 heteroatoms. The second-order valence-electron chi connectivity index (χ2n) is 13.1. The van der Waals surface area contributed by atoms with Crippen molar-refractivity contribution in [1.29, 1.82) is 0 Å². The van der Waals surface area contributed by atoms with Gasteiger partial charge in [-0.15, -0.1) is 0 Å². The molecule has 0 atom stereocenters. The number of benzene rings is 8. The lowest BCUT2D eigenvalue weighted by atomic mass is 9.99. The summed E-state index contributed by atoms with van der Waals surface area (Å²) in [6, 6.07) is 62.1. The Morgan fingerprint density at radius 3 is 1.86 bits per heavy atom. The average Bonchev–Trinajstić information content (AvgIpc) is 3.82. The summed E-state index contributed by atoms with van der Waals surface area (Å²) in [6.45, 7) is 0. The van der Waals surface area contributed by atoms with E-state index in [9.17, 15) is 0 Å². The standard InChI is InChI=1S/C46H29N3/c1-2-11-32(12-3-1)48-42-17-9-7-15-36(42)37-22-21-33(28-45(37)48)49-43-24-20-31(27-39(43)46-34-13-5-4-10-29(34)19-25-44(46)49)30-18-23-41-38(26-30)35-14-6-8-16-40(35)47-41/h1-28,47H. The molecule has 0 saturated heterocycles. The molecule has 11 rings (SSSR count). The zero-order chi connectivity index (χ0) is 32.1. The molecule has 11 aromatic rings. The lowest BCUT2D eigenvalue weighted by Gasteiger charge is -2.11. The molecule has 3 nitrogen and oxygen atoms in total. The van der Waals surface area contributed by atoms with Gasteiger partial charge in [-0.2, -0.15) is 0 Å². The Kier molecular flexibility index (Phi) is 5.38. The highest BCUT2D eigenvalue weighted by molar-refractivity contribution is 6.22. The van der Waals surface area contributed by atoms with Crippen molar-refractivity contribution in [2.24, 2.45) is 0 Å². The number of hydrogen-bond acceptors (Lipinski definition) is 0. The molecule has 0 fully saturated rings. The zero-order valence-electron chi connectivity index (χ0n) is 26.6. The normalized spacial score (nSPS) is 12.1. The van der Waals surface area contributed by atoms with Gasteiger partial charge in [0.1, 0.15) is 0 Å². The zero-order valence-corrected chi connectivity index (χ0v) is 26.6. The maximum Gasteiger partial charge on any atom is 0.0561 e. The molecule has 0 aliphatic rings. The first-order chi connectivity index (χ1) is 24.3. The van der Waals surface area contributed by atoms with Gasteiger partial charge in [-0.25, -0.2) is 0 Å². The van der Waals surface area contributed by atoms with E-state index in [2.05, 4.69) is 184 Å². The van der Waals surface area contributed by atoms with Gasteiger partial charge in [-0.3, -0.25) is 0 Å². The maximum atomic E-state index is 3.58. The third kappa shape index (κ3) is 3.78. The predicted octanol–water partition coefficient (Wildman–Crippen LogP) is 12.3. The van der Waals surface area contributed by atoms with Gasteiger partial charge < -0.3 is 14.1 Å². The molecule has 8 aromatic carbocycles. The van der Waals surface area contributed by atoms with Crippen molar-refractivity contribution in [2.75, 3.05) is 0 Å². The van der Waals surface area contributed by atoms with E-state index in [0.717, 1.165) is 16.9 Å². The van der Waals surface area contributed by atoms with E-state index in [1.807, 2.05) is 0 Å². The quantitative estimate of drug-likeness (QED) is 0.203. The smallest absolute Gasteiger partial charge is 0.0561 e. The molecule has 0 bridgehead atoms. The molecule has 3 heterocycles. The molecule has 1 N–H and O–H groups in total. The van der Waals surface area contributed by atoms with E-state index in [4.69, 9.17) is 0 Å². The monoisotopic (exact) mass is 623 g/mol. The van der Waals surface area contributed by atoms with Crippen LogP contribution in [0.1, 0.15) is 0 Å². The summed E-state index contributed by atoms with van der Waals surface area (Å²) in [7, 11) is 0. The van der Waals surface area contributed by atoms with Crippen LogP contribution in [0, 0.1) is 0 Å². The Bertz CT molecular complexity index is 3100. The van der Waals surface area contributed by atoms with Crippen LogP contribution in [0.2, 0.25) is 0 Å². The van der Waals surface area contributed by atoms with Crippen molar-refractivity contribution < 1.29 is 0 Å². The largest absolute Gasteiger partial charge is 0.355 e. The van der Waals surface area contributed by atoms with E-state index in [-0.39, 0.29) is 0 Å². The number of aromatic nitrogens is 3. The van der Waals surface area contributed by atoms with Crippen LogP contribution in [0.5, 0.6) is 0 Å². The highest BCUT2D eigenvalue weighted by Crippen LogP contribution is 2.41. The Morgan fingerprint density at radius 1 is 0.327 bits per heavy atom. The fourth-order valence-corrected chi connectivity index (χ4v) is 8.23. The number of hydrogen-bond donors (Lipinski definition) is 1. The van der Waals surface area contributed by atoms with Crippen LogP contribution in [-0.4, -0.2) is 14.1 Å². The molecule has 49 heavy (non-hydrogen) atoms. The molecular weight excluding hydrogens is 595 g/mol. The molecule has 0 radical (unpaired) electrons. The van der Waals surface area contributed by atoms with Crippen LogP contribution in [0.3, 0.4) is 0 Å². The highest BCUT2D eigenvalue weighted by atomic mass is 15.0. The fraction of sp³-hybridized carbons (Fsp3) is 0. The number of H-pyrrole nitrogens is 1. The topological polar surface area (TPSA) is 25.6 Å². The van der Waals surface area contributed by atoms with Crippen molar-refractivity contribution in [3.05, 3.63) is 170 Å². The first-order valence-electron chi connectivity index (χ1n) is 16.9. The van der Waals surface area contributed by atoms with Gasteiger partial charge >= 0.3 is 0 Å². The lowest BCUT2D eigenvalue weighted by Crippen LogP contribution is -1.97. The van der Waals surface area contributed by atoms with Gasteiger partial charge in [0.05, 0.1) is 22.1 Å². The van der Waals surface area contributed by atoms with Gasteiger partial charge in [0, 0.05) is 54.7 Å². The van der Waals surface area contributed by atoms with E-state index in [0.29, 0.717) is 0 Å². The minimum absolute atomic E-state index is 1.15. The van der Waals surface area contributed by atoms with E-state index >= 15 is 0 Å². The predicted molar refractivity (Wildman–Crippen MR) is 207 cm³/mol. The highest BCUT2D eigenvalue weighted by Gasteiger charge is 2.19.